The van der Waals surface area contributed by atoms with Crippen LogP contribution in [-0.2, 0) is 4.29 Å². The molecule has 0 saturated heterocycles. The number of nitrogens with zero attached hydrogens (tertiary/aromatic N) is 1. The fourth-order valence-electron chi connectivity index (χ4n) is 0.822. The molecule has 0 spiro atoms. The number of rotatable bonds is 4. The van der Waals surface area contributed by atoms with Crippen LogP contribution in [0.1, 0.15) is 0 Å². The molecule has 0 bridgehead atoms. The highest BCUT2D eigenvalue weighted by atomic mass is 35.5. The second-order valence-corrected chi connectivity index (χ2v) is 12.3. The van der Waals surface area contributed by atoms with Crippen molar-refractivity contribution in [3.8, 4) is 0 Å². The van der Waals surface area contributed by atoms with Crippen LogP contribution in [0, 0.1) is 0 Å². The third-order valence-electron chi connectivity index (χ3n) is 1.41. The number of halogens is 1. The van der Waals surface area contributed by atoms with Crippen LogP contribution in [0.25, 0.3) is 0 Å². The Morgan fingerprint density at radius 1 is 1.46 bits per heavy atom. The summed E-state index contributed by atoms with van der Waals surface area (Å²) in [6.07, 6.45) is 0. The molecule has 0 aliphatic rings. The lowest BCUT2D eigenvalue weighted by Gasteiger charge is -2.23. The maximum absolute atomic E-state index is 11.7. The third kappa shape index (κ3) is 5.78. The minimum absolute atomic E-state index is 0.547. The standard InChI is InChI=1S/C7H18ClNO2PSi/c1-9(2,3)6-7(11-8)12(10)13(4)5/h13H,6H2,1-5H3/q+1. The van der Waals surface area contributed by atoms with Crippen molar-refractivity contribution in [2.75, 3.05) is 27.7 Å². The van der Waals surface area contributed by atoms with Gasteiger partial charge in [0.05, 0.1) is 33.0 Å². The first-order chi connectivity index (χ1) is 5.78. The minimum Gasteiger partial charge on any atom is -0.642 e. The molecule has 3 nitrogen and oxygen atoms in total. The monoisotopic (exact) mass is 242 g/mol. The fourth-order valence-corrected chi connectivity index (χ4v) is 4.61. The van der Waals surface area contributed by atoms with E-state index in [4.69, 9.17) is 11.9 Å². The van der Waals surface area contributed by atoms with E-state index >= 15 is 0 Å². The molecule has 0 aromatic carbocycles. The molecule has 13 heavy (non-hydrogen) atoms. The predicted molar refractivity (Wildman–Crippen MR) is 60.6 cm³/mol. The summed E-state index contributed by atoms with van der Waals surface area (Å²) in [5.41, 5.74) is 0.547. The van der Waals surface area contributed by atoms with Gasteiger partial charge in [-0.1, -0.05) is 0 Å². The van der Waals surface area contributed by atoms with Crippen molar-refractivity contribution in [2.24, 2.45) is 0 Å². The Labute approximate surface area is 88.0 Å². The molecule has 0 aromatic rings. The van der Waals surface area contributed by atoms with Gasteiger partial charge < -0.3 is 9.38 Å². The van der Waals surface area contributed by atoms with Crippen LogP contribution >= 0.6 is 19.2 Å². The zero-order valence-corrected chi connectivity index (χ0v) is 11.7. The summed E-state index contributed by atoms with van der Waals surface area (Å²) in [6.45, 7) is 4.68. The van der Waals surface area contributed by atoms with Crippen molar-refractivity contribution in [3.05, 3.63) is 0 Å². The summed E-state index contributed by atoms with van der Waals surface area (Å²) in [5.74, 6) is 0. The first-order valence-corrected chi connectivity index (χ1v) is 9.68. The molecule has 6 heteroatoms. The van der Waals surface area contributed by atoms with Gasteiger partial charge in [0.15, 0.2) is 6.54 Å². The Balaban J connectivity index is 4.60. The van der Waals surface area contributed by atoms with Gasteiger partial charge in [-0.15, -0.1) is 0 Å². The zero-order valence-electron chi connectivity index (χ0n) is 8.87. The first-order valence-electron chi connectivity index (χ1n) is 4.19. The lowest BCUT2D eigenvalue weighted by Crippen LogP contribution is -2.40. The first kappa shape index (κ1) is 13.6. The predicted octanol–water partition coefficient (Wildman–Crippen LogP) is 0.733. The van der Waals surface area contributed by atoms with Gasteiger partial charge >= 0.3 is 0 Å². The van der Waals surface area contributed by atoms with E-state index in [1.807, 2.05) is 34.2 Å². The Morgan fingerprint density at radius 2 is 1.92 bits per heavy atom. The van der Waals surface area contributed by atoms with Gasteiger partial charge in [-0.2, -0.15) is 4.29 Å². The van der Waals surface area contributed by atoms with E-state index in [1.54, 1.807) is 0 Å². The van der Waals surface area contributed by atoms with Gasteiger partial charge in [0.1, 0.15) is 0 Å². The number of quaternary nitrogens is 1. The van der Waals surface area contributed by atoms with Gasteiger partial charge in [0, 0.05) is 7.32 Å². The summed E-state index contributed by atoms with van der Waals surface area (Å²) in [7, 11) is 3.54. The smallest absolute Gasteiger partial charge is 0.277 e. The summed E-state index contributed by atoms with van der Waals surface area (Å²) >= 11 is 5.30. The quantitative estimate of drug-likeness (QED) is 0.414. The van der Waals surface area contributed by atoms with E-state index in [1.165, 1.54) is 0 Å². The molecule has 0 rings (SSSR count). The third-order valence-corrected chi connectivity index (χ3v) is 7.05. The summed E-state index contributed by atoms with van der Waals surface area (Å²) in [6, 6.07) is 0. The van der Waals surface area contributed by atoms with Crippen molar-refractivity contribution in [3.63, 3.8) is 0 Å². The largest absolute Gasteiger partial charge is 0.642 e. The van der Waals surface area contributed by atoms with E-state index in [2.05, 4.69) is 4.29 Å². The zero-order chi connectivity index (χ0) is 10.6. The van der Waals surface area contributed by atoms with E-state index in [-0.39, 0.29) is 0 Å². The second-order valence-electron chi connectivity index (χ2n) is 4.34. The van der Waals surface area contributed by atoms with Crippen molar-refractivity contribution in [2.45, 2.75) is 13.1 Å². The van der Waals surface area contributed by atoms with Crippen molar-refractivity contribution < 1.29 is 13.7 Å². The summed E-state index contributed by atoms with van der Waals surface area (Å²) in [5, 5.41) is 0. The van der Waals surface area contributed by atoms with E-state index < -0.39 is 15.8 Å². The molecule has 1 atom stereocenters. The van der Waals surface area contributed by atoms with Crippen LogP contribution in [0.4, 0.5) is 0 Å². The average Bonchev–Trinajstić information content (AvgIpc) is 1.97. The highest BCUT2D eigenvalue weighted by Gasteiger charge is 2.22. The normalized spacial score (nSPS) is 14.8. The minimum atomic E-state index is -1.33. The SMILES string of the molecule is C[SiH](C)/[P+]([O-])=C(/C[N+](C)(C)C)OCl. The molecule has 0 saturated carbocycles. The van der Waals surface area contributed by atoms with Crippen LogP contribution in [-0.4, -0.2) is 46.1 Å². The Hall–Kier alpha value is 0.557. The maximum atomic E-state index is 11.7. The Morgan fingerprint density at radius 3 is 2.15 bits per heavy atom. The summed E-state index contributed by atoms with van der Waals surface area (Å²) < 4.78 is 5.36. The lowest BCUT2D eigenvalue weighted by atomic mass is 10.5. The highest BCUT2D eigenvalue weighted by Crippen LogP contribution is 2.20. The van der Waals surface area contributed by atoms with Gasteiger partial charge in [0.2, 0.25) is 0 Å². The van der Waals surface area contributed by atoms with Crippen molar-refractivity contribution in [1.29, 1.82) is 0 Å². The molecular formula is C7H18ClNO2PSi+. The van der Waals surface area contributed by atoms with E-state index in [0.29, 0.717) is 16.5 Å². The molecule has 0 fully saturated rings. The fraction of sp³-hybridized carbons (Fsp3) is 0.857. The van der Waals surface area contributed by atoms with Gasteiger partial charge in [-0.3, -0.25) is 0 Å². The van der Waals surface area contributed by atoms with Gasteiger partial charge in [0.25, 0.3) is 13.9 Å². The van der Waals surface area contributed by atoms with E-state index in [9.17, 15) is 4.89 Å². The molecule has 1 unspecified atom stereocenters. The number of hydrogen-bond donors (Lipinski definition) is 0. The number of likely N-dealkylation sites (N-methyl/N-ethyl adjacent to an activating group) is 1. The van der Waals surface area contributed by atoms with Crippen LogP contribution < -0.4 is 4.89 Å². The molecule has 0 aliphatic heterocycles. The number of hydrogen-bond acceptors (Lipinski definition) is 2. The van der Waals surface area contributed by atoms with Crippen LogP contribution in [0.5, 0.6) is 0 Å². The van der Waals surface area contributed by atoms with Crippen molar-refractivity contribution >= 4 is 33.1 Å². The molecule has 78 valence electrons. The van der Waals surface area contributed by atoms with Crippen LogP contribution in [0.15, 0.2) is 0 Å². The van der Waals surface area contributed by atoms with E-state index in [0.717, 1.165) is 0 Å². The van der Waals surface area contributed by atoms with Crippen LogP contribution in [0.3, 0.4) is 0 Å². The molecule has 0 amide bonds. The molecule has 0 aromatic heterocycles. The second kappa shape index (κ2) is 5.44. The topological polar surface area (TPSA) is 32.3 Å². The Kier molecular flexibility index (Phi) is 5.67. The van der Waals surface area contributed by atoms with Crippen LogP contribution in [0.2, 0.25) is 13.1 Å². The van der Waals surface area contributed by atoms with Crippen molar-refractivity contribution in [1.82, 2.24) is 0 Å². The average molecular weight is 243 g/mol. The Bertz CT molecular complexity index is 203. The molecule has 0 heterocycles. The molecular weight excluding hydrogens is 225 g/mol. The molecule has 0 N–H and O–H groups in total. The lowest BCUT2D eigenvalue weighted by molar-refractivity contribution is -0.861. The molecule has 0 aliphatic carbocycles. The summed E-state index contributed by atoms with van der Waals surface area (Å²) in [4.78, 5) is 11.7. The maximum Gasteiger partial charge on any atom is 0.277 e. The van der Waals surface area contributed by atoms with Gasteiger partial charge in [-0.25, -0.2) is 0 Å². The highest BCUT2D eigenvalue weighted by molar-refractivity contribution is 7.84. The molecule has 0 radical (unpaired) electrons. The van der Waals surface area contributed by atoms with Gasteiger partial charge in [-0.05, 0) is 13.1 Å².